The highest BCUT2D eigenvalue weighted by molar-refractivity contribution is 9.10. The van der Waals surface area contributed by atoms with Crippen LogP contribution in [0.15, 0.2) is 22.7 Å². The Hall–Kier alpha value is -1.49. The summed E-state index contributed by atoms with van der Waals surface area (Å²) in [5.41, 5.74) is 1.46. The van der Waals surface area contributed by atoms with Crippen molar-refractivity contribution in [2.45, 2.75) is 26.2 Å². The first-order chi connectivity index (χ1) is 9.54. The molecular weight excluding hydrogens is 324 g/mol. The second-order valence-corrected chi connectivity index (χ2v) is 5.61. The molecule has 20 heavy (non-hydrogen) atoms. The first-order valence-electron chi connectivity index (χ1n) is 6.58. The lowest BCUT2D eigenvalue weighted by molar-refractivity contribution is -0.154. The Morgan fingerprint density at radius 1 is 1.40 bits per heavy atom. The molecule has 0 aliphatic heterocycles. The van der Waals surface area contributed by atoms with Gasteiger partial charge in [0.05, 0.1) is 12.5 Å². The highest BCUT2D eigenvalue weighted by atomic mass is 79.9. The number of fused-ring (bicyclic) bond motifs is 1. The van der Waals surface area contributed by atoms with Crippen molar-refractivity contribution >= 4 is 33.5 Å². The van der Waals surface area contributed by atoms with E-state index in [2.05, 4.69) is 15.9 Å². The number of ether oxygens (including phenoxy) is 1. The quantitative estimate of drug-likeness (QED) is 0.368. The van der Waals surface area contributed by atoms with E-state index in [0.717, 1.165) is 16.5 Å². The van der Waals surface area contributed by atoms with E-state index < -0.39 is 17.7 Å². The Morgan fingerprint density at radius 3 is 2.85 bits per heavy atom. The minimum atomic E-state index is -0.911. The van der Waals surface area contributed by atoms with Gasteiger partial charge in [0.15, 0.2) is 5.78 Å². The van der Waals surface area contributed by atoms with Crippen LogP contribution >= 0.6 is 15.9 Å². The molecule has 5 heteroatoms. The number of carbonyl (C=O) groups excluding carboxylic acids is 3. The highest BCUT2D eigenvalue weighted by Crippen LogP contribution is 2.27. The lowest BCUT2D eigenvalue weighted by Gasteiger charge is -2.11. The summed E-state index contributed by atoms with van der Waals surface area (Å²) in [7, 11) is 0. The average Bonchev–Trinajstić information content (AvgIpc) is 2.57. The molecule has 1 atom stereocenters. The zero-order valence-electron chi connectivity index (χ0n) is 11.1. The molecule has 1 aromatic carbocycles. The molecule has 1 aliphatic carbocycles. The molecule has 0 aromatic heterocycles. The average molecular weight is 339 g/mol. The van der Waals surface area contributed by atoms with Gasteiger partial charge in [0.1, 0.15) is 0 Å². The van der Waals surface area contributed by atoms with E-state index in [-0.39, 0.29) is 12.4 Å². The maximum Gasteiger partial charge on any atom is 0.375 e. The maximum atomic E-state index is 12.5. The number of rotatable bonds is 3. The maximum absolute atomic E-state index is 12.5. The number of halogens is 1. The Labute approximate surface area is 125 Å². The van der Waals surface area contributed by atoms with Crippen LogP contribution < -0.4 is 0 Å². The highest BCUT2D eigenvalue weighted by Gasteiger charge is 2.35. The fraction of sp³-hybridized carbons (Fsp3) is 0.400. The molecular formula is C15H15BrO4. The van der Waals surface area contributed by atoms with E-state index in [4.69, 9.17) is 4.74 Å². The van der Waals surface area contributed by atoms with E-state index >= 15 is 0 Å². The molecule has 0 saturated heterocycles. The molecule has 0 spiro atoms. The number of benzene rings is 1. The molecule has 1 aromatic rings. The zero-order valence-corrected chi connectivity index (χ0v) is 12.7. The van der Waals surface area contributed by atoms with Gasteiger partial charge >= 0.3 is 5.97 Å². The van der Waals surface area contributed by atoms with Crippen LogP contribution in [0.2, 0.25) is 0 Å². The van der Waals surface area contributed by atoms with Crippen molar-refractivity contribution in [2.24, 2.45) is 5.92 Å². The van der Waals surface area contributed by atoms with Gasteiger partial charge < -0.3 is 4.74 Å². The first kappa shape index (κ1) is 14.9. The molecule has 0 heterocycles. The molecule has 0 amide bonds. The molecule has 4 nitrogen and oxygen atoms in total. The smallest absolute Gasteiger partial charge is 0.375 e. The van der Waals surface area contributed by atoms with Gasteiger partial charge in [-0.25, -0.2) is 4.79 Å². The van der Waals surface area contributed by atoms with Gasteiger partial charge in [-0.1, -0.05) is 15.9 Å². The standard InChI is InChI=1S/C15H15BrO4/c1-2-20-15(19)14(18)12-5-3-4-9-8-10(16)6-7-11(9)13(12)17/h6-8,12H,2-5H2,1H3. The number of esters is 1. The fourth-order valence-electron chi connectivity index (χ4n) is 2.42. The van der Waals surface area contributed by atoms with Gasteiger partial charge in [0.25, 0.3) is 5.78 Å². The third kappa shape index (κ3) is 2.98. The number of ketones is 2. The SMILES string of the molecule is CCOC(=O)C(=O)C1CCCc2cc(Br)ccc2C1=O. The second-order valence-electron chi connectivity index (χ2n) is 4.70. The van der Waals surface area contributed by atoms with Crippen LogP contribution in [0.1, 0.15) is 35.7 Å². The molecule has 2 rings (SSSR count). The number of aryl methyl sites for hydroxylation is 1. The van der Waals surface area contributed by atoms with Gasteiger partial charge in [-0.2, -0.15) is 0 Å². The van der Waals surface area contributed by atoms with Gasteiger partial charge in [0.2, 0.25) is 0 Å². The molecule has 106 valence electrons. The lowest BCUT2D eigenvalue weighted by Crippen LogP contribution is -2.31. The minimum Gasteiger partial charge on any atom is -0.460 e. The molecule has 0 N–H and O–H groups in total. The van der Waals surface area contributed by atoms with Crippen molar-refractivity contribution in [3.8, 4) is 0 Å². The normalized spacial score (nSPS) is 18.1. The lowest BCUT2D eigenvalue weighted by atomic mass is 9.91. The van der Waals surface area contributed by atoms with Gasteiger partial charge in [-0.15, -0.1) is 0 Å². The molecule has 0 fully saturated rings. The van der Waals surface area contributed by atoms with Crippen molar-refractivity contribution in [1.29, 1.82) is 0 Å². The molecule has 0 saturated carbocycles. The Morgan fingerprint density at radius 2 is 2.15 bits per heavy atom. The Bertz CT molecular complexity index is 565. The number of hydrogen-bond acceptors (Lipinski definition) is 4. The van der Waals surface area contributed by atoms with Gasteiger partial charge in [-0.3, -0.25) is 9.59 Å². The summed E-state index contributed by atoms with van der Waals surface area (Å²) in [5.74, 6) is -2.82. The van der Waals surface area contributed by atoms with E-state index in [9.17, 15) is 14.4 Å². The van der Waals surface area contributed by atoms with Gasteiger partial charge in [0, 0.05) is 10.0 Å². The van der Waals surface area contributed by atoms with Crippen LogP contribution in [0.3, 0.4) is 0 Å². The van der Waals surface area contributed by atoms with E-state index in [0.29, 0.717) is 18.4 Å². The van der Waals surface area contributed by atoms with Crippen molar-refractivity contribution < 1.29 is 19.1 Å². The van der Waals surface area contributed by atoms with Crippen LogP contribution in [0.25, 0.3) is 0 Å². The third-order valence-corrected chi connectivity index (χ3v) is 3.87. The summed E-state index contributed by atoms with van der Waals surface area (Å²) in [6, 6.07) is 5.37. The summed E-state index contributed by atoms with van der Waals surface area (Å²) >= 11 is 3.37. The van der Waals surface area contributed by atoms with Crippen LogP contribution in [0.4, 0.5) is 0 Å². The summed E-state index contributed by atoms with van der Waals surface area (Å²) < 4.78 is 5.61. The van der Waals surface area contributed by atoms with Gasteiger partial charge in [-0.05, 0) is 49.9 Å². The summed E-state index contributed by atoms with van der Waals surface area (Å²) in [6.45, 7) is 1.77. The number of hydrogen-bond donors (Lipinski definition) is 0. The third-order valence-electron chi connectivity index (χ3n) is 3.38. The van der Waals surface area contributed by atoms with Crippen LogP contribution in [0, 0.1) is 5.92 Å². The fourth-order valence-corrected chi connectivity index (χ4v) is 2.83. The van der Waals surface area contributed by atoms with E-state index in [1.807, 2.05) is 6.07 Å². The van der Waals surface area contributed by atoms with Crippen LogP contribution in [-0.4, -0.2) is 24.1 Å². The van der Waals surface area contributed by atoms with E-state index in [1.165, 1.54) is 0 Å². The topological polar surface area (TPSA) is 60.4 Å². The van der Waals surface area contributed by atoms with Crippen molar-refractivity contribution in [1.82, 2.24) is 0 Å². The van der Waals surface area contributed by atoms with Crippen LogP contribution in [-0.2, 0) is 20.7 Å². The Kier molecular flexibility index (Phi) is 4.70. The monoisotopic (exact) mass is 338 g/mol. The summed E-state index contributed by atoms with van der Waals surface area (Å²) in [5, 5.41) is 0. The molecule has 1 unspecified atom stereocenters. The minimum absolute atomic E-state index is 0.134. The van der Waals surface area contributed by atoms with Crippen molar-refractivity contribution in [3.05, 3.63) is 33.8 Å². The number of carbonyl (C=O) groups is 3. The van der Waals surface area contributed by atoms with E-state index in [1.54, 1.807) is 19.1 Å². The van der Waals surface area contributed by atoms with Crippen molar-refractivity contribution in [3.63, 3.8) is 0 Å². The number of Topliss-reactive ketones (excluding diaryl/α,β-unsaturated/α-hetero) is 2. The molecule has 0 bridgehead atoms. The first-order valence-corrected chi connectivity index (χ1v) is 7.37. The largest absolute Gasteiger partial charge is 0.460 e. The zero-order chi connectivity index (χ0) is 14.7. The predicted octanol–water partition coefficient (Wildman–Crippen LogP) is 2.72. The second kappa shape index (κ2) is 6.31. The Balaban J connectivity index is 2.30. The van der Waals surface area contributed by atoms with Crippen LogP contribution in [0.5, 0.6) is 0 Å². The van der Waals surface area contributed by atoms with Crippen molar-refractivity contribution in [2.75, 3.05) is 6.61 Å². The summed E-state index contributed by atoms with van der Waals surface area (Å²) in [4.78, 5) is 36.0. The summed E-state index contributed by atoms with van der Waals surface area (Å²) in [6.07, 6.45) is 1.82. The predicted molar refractivity (Wildman–Crippen MR) is 76.5 cm³/mol. The molecule has 1 aliphatic rings. The molecule has 0 radical (unpaired) electrons.